The van der Waals surface area contributed by atoms with Gasteiger partial charge in [-0.1, -0.05) is 23.7 Å². The summed E-state index contributed by atoms with van der Waals surface area (Å²) in [5, 5.41) is 1.60. The number of benzene rings is 1. The smallest absolute Gasteiger partial charge is 0.226 e. The summed E-state index contributed by atoms with van der Waals surface area (Å²) in [5.74, 6) is 0.580. The minimum Gasteiger partial charge on any atom is -0.472 e. The minimum atomic E-state index is 0.453. The molecule has 0 radical (unpaired) electrons. The lowest BCUT2D eigenvalue weighted by Crippen LogP contribution is -1.97. The first-order valence-corrected chi connectivity index (χ1v) is 5.86. The van der Waals surface area contributed by atoms with Crippen molar-refractivity contribution in [2.75, 3.05) is 0 Å². The van der Waals surface area contributed by atoms with Gasteiger partial charge >= 0.3 is 0 Å². The average Bonchev–Trinajstić information content (AvgIpc) is 2.87. The fourth-order valence-electron chi connectivity index (χ4n) is 1.70. The Morgan fingerprint density at radius 3 is 2.78 bits per heavy atom. The highest BCUT2D eigenvalue weighted by Gasteiger charge is 2.05. The van der Waals surface area contributed by atoms with E-state index < -0.39 is 0 Å². The van der Waals surface area contributed by atoms with Crippen molar-refractivity contribution in [1.29, 1.82) is 0 Å². The number of aromatic nitrogens is 3. The van der Waals surface area contributed by atoms with Gasteiger partial charge in [-0.2, -0.15) is 0 Å². The van der Waals surface area contributed by atoms with Crippen LogP contribution < -0.4 is 4.74 Å². The van der Waals surface area contributed by atoms with Gasteiger partial charge in [0.05, 0.1) is 5.39 Å². The third kappa shape index (κ3) is 2.15. The van der Waals surface area contributed by atoms with Crippen molar-refractivity contribution >= 4 is 22.6 Å². The monoisotopic (exact) mass is 259 g/mol. The summed E-state index contributed by atoms with van der Waals surface area (Å²) in [6, 6.07) is 9.43. The van der Waals surface area contributed by atoms with E-state index in [1.54, 1.807) is 0 Å². The van der Waals surface area contributed by atoms with Gasteiger partial charge in [0, 0.05) is 11.2 Å². The van der Waals surface area contributed by atoms with Crippen LogP contribution in [0.2, 0.25) is 5.02 Å². The zero-order valence-corrected chi connectivity index (χ0v) is 10.2. The number of nitrogens with zero attached hydrogens (tertiary/aromatic N) is 2. The molecule has 0 saturated heterocycles. The van der Waals surface area contributed by atoms with E-state index in [9.17, 15) is 0 Å². The van der Waals surface area contributed by atoms with Crippen molar-refractivity contribution in [1.82, 2.24) is 15.0 Å². The number of aromatic amines is 1. The third-order valence-electron chi connectivity index (χ3n) is 2.61. The first-order chi connectivity index (χ1) is 8.83. The molecular formula is C13H10ClN3O. The largest absolute Gasteiger partial charge is 0.472 e. The molecule has 2 heterocycles. The van der Waals surface area contributed by atoms with Crippen LogP contribution in [0.15, 0.2) is 42.9 Å². The molecule has 0 bridgehead atoms. The van der Waals surface area contributed by atoms with Crippen LogP contribution in [-0.4, -0.2) is 15.0 Å². The second-order valence-corrected chi connectivity index (χ2v) is 4.27. The highest BCUT2D eigenvalue weighted by molar-refractivity contribution is 6.30. The molecule has 0 amide bonds. The lowest BCUT2D eigenvalue weighted by molar-refractivity contribution is 0.297. The van der Waals surface area contributed by atoms with Crippen molar-refractivity contribution in [2.24, 2.45) is 0 Å². The molecule has 18 heavy (non-hydrogen) atoms. The van der Waals surface area contributed by atoms with E-state index >= 15 is 0 Å². The van der Waals surface area contributed by atoms with Crippen LogP contribution in [0, 0.1) is 0 Å². The first kappa shape index (κ1) is 11.0. The SMILES string of the molecule is Clc1ccc(COc2ncnc3[nH]ccc23)cc1. The van der Waals surface area contributed by atoms with Crippen LogP contribution in [0.4, 0.5) is 0 Å². The van der Waals surface area contributed by atoms with E-state index in [0.29, 0.717) is 17.5 Å². The molecule has 4 nitrogen and oxygen atoms in total. The predicted octanol–water partition coefficient (Wildman–Crippen LogP) is 3.19. The van der Waals surface area contributed by atoms with Crippen LogP contribution in [0.5, 0.6) is 5.88 Å². The Hall–Kier alpha value is -2.07. The Labute approximate surface area is 109 Å². The van der Waals surface area contributed by atoms with Gasteiger partial charge in [-0.15, -0.1) is 0 Å². The quantitative estimate of drug-likeness (QED) is 0.786. The number of hydrogen-bond acceptors (Lipinski definition) is 3. The van der Waals surface area contributed by atoms with Gasteiger partial charge in [-0.05, 0) is 23.8 Å². The maximum absolute atomic E-state index is 5.83. The summed E-state index contributed by atoms with van der Waals surface area (Å²) in [7, 11) is 0. The molecule has 5 heteroatoms. The van der Waals surface area contributed by atoms with Gasteiger partial charge in [0.25, 0.3) is 0 Å². The Kier molecular flexibility index (Phi) is 2.86. The summed E-state index contributed by atoms with van der Waals surface area (Å²) in [5.41, 5.74) is 1.82. The molecule has 2 aromatic heterocycles. The lowest BCUT2D eigenvalue weighted by atomic mass is 10.2. The fourth-order valence-corrected chi connectivity index (χ4v) is 1.82. The zero-order chi connectivity index (χ0) is 12.4. The van der Waals surface area contributed by atoms with Crippen molar-refractivity contribution in [3.8, 4) is 5.88 Å². The lowest BCUT2D eigenvalue weighted by Gasteiger charge is -2.05. The third-order valence-corrected chi connectivity index (χ3v) is 2.86. The van der Waals surface area contributed by atoms with E-state index in [-0.39, 0.29) is 0 Å². The summed E-state index contributed by atoms with van der Waals surface area (Å²) >= 11 is 5.83. The molecule has 0 aliphatic heterocycles. The highest BCUT2D eigenvalue weighted by Crippen LogP contribution is 2.21. The van der Waals surface area contributed by atoms with Crippen molar-refractivity contribution in [3.05, 3.63) is 53.4 Å². The number of halogens is 1. The summed E-state index contributed by atoms with van der Waals surface area (Å²) in [6.45, 7) is 0.453. The number of hydrogen-bond donors (Lipinski definition) is 1. The normalized spacial score (nSPS) is 10.7. The fraction of sp³-hybridized carbons (Fsp3) is 0.0769. The summed E-state index contributed by atoms with van der Waals surface area (Å²) in [4.78, 5) is 11.3. The van der Waals surface area contributed by atoms with E-state index in [4.69, 9.17) is 16.3 Å². The molecule has 1 N–H and O–H groups in total. The van der Waals surface area contributed by atoms with E-state index in [0.717, 1.165) is 16.6 Å². The molecule has 3 aromatic rings. The summed E-state index contributed by atoms with van der Waals surface area (Å²) < 4.78 is 5.69. The molecule has 0 aliphatic rings. The Morgan fingerprint density at radius 1 is 1.11 bits per heavy atom. The van der Waals surface area contributed by atoms with E-state index in [2.05, 4.69) is 15.0 Å². The Bertz CT molecular complexity index is 663. The molecule has 0 aliphatic carbocycles. The van der Waals surface area contributed by atoms with Crippen LogP contribution in [-0.2, 0) is 6.61 Å². The minimum absolute atomic E-state index is 0.453. The molecule has 0 unspecified atom stereocenters. The maximum Gasteiger partial charge on any atom is 0.226 e. The molecule has 3 rings (SSSR count). The van der Waals surface area contributed by atoms with Gasteiger partial charge < -0.3 is 9.72 Å². The predicted molar refractivity (Wildman–Crippen MR) is 69.7 cm³/mol. The van der Waals surface area contributed by atoms with Crippen molar-refractivity contribution in [3.63, 3.8) is 0 Å². The van der Waals surface area contributed by atoms with Crippen LogP contribution in [0.25, 0.3) is 11.0 Å². The molecule has 90 valence electrons. The van der Waals surface area contributed by atoms with Gasteiger partial charge in [-0.3, -0.25) is 0 Å². The number of fused-ring (bicyclic) bond motifs is 1. The number of H-pyrrole nitrogens is 1. The molecule has 0 fully saturated rings. The maximum atomic E-state index is 5.83. The van der Waals surface area contributed by atoms with Crippen LogP contribution >= 0.6 is 11.6 Å². The van der Waals surface area contributed by atoms with Crippen LogP contribution in [0.3, 0.4) is 0 Å². The van der Waals surface area contributed by atoms with E-state index in [1.807, 2.05) is 36.5 Å². The zero-order valence-electron chi connectivity index (χ0n) is 9.43. The van der Waals surface area contributed by atoms with Gasteiger partial charge in [0.15, 0.2) is 0 Å². The van der Waals surface area contributed by atoms with Crippen LogP contribution in [0.1, 0.15) is 5.56 Å². The van der Waals surface area contributed by atoms with Gasteiger partial charge in [0.1, 0.15) is 18.6 Å². The Morgan fingerprint density at radius 2 is 1.94 bits per heavy atom. The molecule has 0 saturated carbocycles. The number of nitrogens with one attached hydrogen (secondary N) is 1. The second-order valence-electron chi connectivity index (χ2n) is 3.83. The van der Waals surface area contributed by atoms with Crippen molar-refractivity contribution in [2.45, 2.75) is 6.61 Å². The van der Waals surface area contributed by atoms with Gasteiger partial charge in [-0.25, -0.2) is 9.97 Å². The molecule has 1 aromatic carbocycles. The average molecular weight is 260 g/mol. The summed E-state index contributed by atoms with van der Waals surface area (Å²) in [6.07, 6.45) is 3.30. The first-order valence-electron chi connectivity index (χ1n) is 5.48. The van der Waals surface area contributed by atoms with Gasteiger partial charge in [0.2, 0.25) is 5.88 Å². The Balaban J connectivity index is 1.80. The number of ether oxygens (including phenoxy) is 1. The van der Waals surface area contributed by atoms with E-state index in [1.165, 1.54) is 6.33 Å². The molecule has 0 spiro atoms. The van der Waals surface area contributed by atoms with Crippen molar-refractivity contribution < 1.29 is 4.74 Å². The molecule has 0 atom stereocenters. The standard InChI is InChI=1S/C13H10ClN3O/c14-10-3-1-9(2-4-10)7-18-13-11-5-6-15-12(11)16-8-17-13/h1-6,8H,7H2,(H,15,16,17). The topological polar surface area (TPSA) is 50.8 Å². The second kappa shape index (κ2) is 4.66. The molecular weight excluding hydrogens is 250 g/mol. The number of rotatable bonds is 3. The highest BCUT2D eigenvalue weighted by atomic mass is 35.5.